The van der Waals surface area contributed by atoms with Gasteiger partial charge in [-0.15, -0.1) is 0 Å². The summed E-state index contributed by atoms with van der Waals surface area (Å²) < 4.78 is 26.2. The van der Waals surface area contributed by atoms with Crippen LogP contribution in [-0.4, -0.2) is 29.9 Å². The Morgan fingerprint density at radius 1 is 1.10 bits per heavy atom. The average molecular weight is 294 g/mol. The molecule has 0 atom stereocenters. The van der Waals surface area contributed by atoms with Crippen LogP contribution in [0.5, 0.6) is 0 Å². The van der Waals surface area contributed by atoms with E-state index in [1.54, 1.807) is 0 Å². The number of nitrogens with zero attached hydrogens (tertiary/aromatic N) is 1. The molecule has 1 aliphatic carbocycles. The van der Waals surface area contributed by atoms with E-state index in [1.807, 2.05) is 4.90 Å². The van der Waals surface area contributed by atoms with E-state index in [9.17, 15) is 13.6 Å². The third kappa shape index (κ3) is 3.79. The minimum Gasteiger partial charge on any atom is -0.342 e. The first-order chi connectivity index (χ1) is 10.1. The van der Waals surface area contributed by atoms with Crippen LogP contribution >= 0.6 is 0 Å². The molecule has 0 bridgehead atoms. The van der Waals surface area contributed by atoms with Gasteiger partial charge in [-0.05, 0) is 43.4 Å². The highest BCUT2D eigenvalue weighted by atomic mass is 19.1. The highest BCUT2D eigenvalue weighted by Gasteiger charge is 2.34. The van der Waals surface area contributed by atoms with Crippen LogP contribution in [0.15, 0.2) is 18.2 Å². The van der Waals surface area contributed by atoms with Gasteiger partial charge in [0.05, 0.1) is 0 Å². The molecule has 0 radical (unpaired) electrons. The van der Waals surface area contributed by atoms with Crippen LogP contribution < -0.4 is 5.32 Å². The standard InChI is InChI=1S/C16H20F2N2O/c17-13-7-11(8-14(18)9-13)10-19-15-3-5-20(6-4-15)16(21)12-1-2-12/h7-9,12,15,19H,1-6,10H2. The fraction of sp³-hybridized carbons (Fsp3) is 0.562. The molecule has 1 aliphatic heterocycles. The lowest BCUT2D eigenvalue weighted by atomic mass is 10.0. The summed E-state index contributed by atoms with van der Waals surface area (Å²) in [6, 6.07) is 3.88. The number of rotatable bonds is 4. The van der Waals surface area contributed by atoms with E-state index < -0.39 is 11.6 Å². The molecule has 1 amide bonds. The Hall–Kier alpha value is -1.49. The van der Waals surface area contributed by atoms with E-state index in [1.165, 1.54) is 12.1 Å². The molecule has 3 rings (SSSR count). The van der Waals surface area contributed by atoms with Gasteiger partial charge in [-0.3, -0.25) is 4.79 Å². The maximum atomic E-state index is 13.1. The first kappa shape index (κ1) is 14.4. The largest absolute Gasteiger partial charge is 0.342 e. The molecule has 114 valence electrons. The summed E-state index contributed by atoms with van der Waals surface area (Å²) in [7, 11) is 0. The molecular weight excluding hydrogens is 274 g/mol. The predicted octanol–water partition coefficient (Wildman–Crippen LogP) is 2.46. The zero-order valence-electron chi connectivity index (χ0n) is 11.9. The van der Waals surface area contributed by atoms with Gasteiger partial charge in [0.1, 0.15) is 11.6 Å². The number of hydrogen-bond acceptors (Lipinski definition) is 2. The van der Waals surface area contributed by atoms with Crippen LogP contribution in [-0.2, 0) is 11.3 Å². The summed E-state index contributed by atoms with van der Waals surface area (Å²) in [5.41, 5.74) is 0.615. The summed E-state index contributed by atoms with van der Waals surface area (Å²) in [6.07, 6.45) is 3.89. The second-order valence-electron chi connectivity index (χ2n) is 6.03. The number of benzene rings is 1. The smallest absolute Gasteiger partial charge is 0.225 e. The van der Waals surface area contributed by atoms with Gasteiger partial charge in [-0.25, -0.2) is 8.78 Å². The minimum absolute atomic E-state index is 0.282. The molecule has 21 heavy (non-hydrogen) atoms. The molecular formula is C16H20F2N2O. The van der Waals surface area contributed by atoms with Crippen molar-refractivity contribution in [1.82, 2.24) is 10.2 Å². The van der Waals surface area contributed by atoms with Crippen LogP contribution in [0.4, 0.5) is 8.78 Å². The summed E-state index contributed by atoms with van der Waals surface area (Å²) in [4.78, 5) is 13.9. The van der Waals surface area contributed by atoms with E-state index in [4.69, 9.17) is 0 Å². The Kier molecular flexibility index (Phi) is 4.19. The van der Waals surface area contributed by atoms with Crippen LogP contribution in [0.3, 0.4) is 0 Å². The number of halogens is 2. The lowest BCUT2D eigenvalue weighted by molar-refractivity contribution is -0.133. The normalized spacial score (nSPS) is 19.8. The molecule has 0 aromatic heterocycles. The lowest BCUT2D eigenvalue weighted by Gasteiger charge is -2.32. The highest BCUT2D eigenvalue weighted by molar-refractivity contribution is 5.81. The van der Waals surface area contributed by atoms with Crippen molar-refractivity contribution in [3.05, 3.63) is 35.4 Å². The number of carbonyl (C=O) groups excluding carboxylic acids is 1. The van der Waals surface area contributed by atoms with Gasteiger partial charge in [0, 0.05) is 37.7 Å². The molecule has 1 saturated heterocycles. The first-order valence-electron chi connectivity index (χ1n) is 7.59. The molecule has 0 unspecified atom stereocenters. The van der Waals surface area contributed by atoms with Crippen molar-refractivity contribution in [2.75, 3.05) is 13.1 Å². The van der Waals surface area contributed by atoms with Gasteiger partial charge in [0.15, 0.2) is 0 Å². The molecule has 0 spiro atoms. The van der Waals surface area contributed by atoms with Crippen molar-refractivity contribution in [2.45, 2.75) is 38.3 Å². The molecule has 1 N–H and O–H groups in total. The topological polar surface area (TPSA) is 32.3 Å². The summed E-state index contributed by atoms with van der Waals surface area (Å²) in [5, 5.41) is 3.33. The Labute approximate surface area is 123 Å². The maximum Gasteiger partial charge on any atom is 0.225 e. The molecule has 2 aliphatic rings. The number of likely N-dealkylation sites (tertiary alicyclic amines) is 1. The fourth-order valence-electron chi connectivity index (χ4n) is 2.87. The lowest BCUT2D eigenvalue weighted by Crippen LogP contribution is -2.45. The van der Waals surface area contributed by atoms with Crippen molar-refractivity contribution in [2.24, 2.45) is 5.92 Å². The molecule has 2 fully saturated rings. The van der Waals surface area contributed by atoms with Crippen molar-refractivity contribution in [3.63, 3.8) is 0 Å². The zero-order chi connectivity index (χ0) is 14.8. The minimum atomic E-state index is -0.545. The van der Waals surface area contributed by atoms with Gasteiger partial charge in [0.25, 0.3) is 0 Å². The molecule has 1 aromatic carbocycles. The predicted molar refractivity (Wildman–Crippen MR) is 75.5 cm³/mol. The second kappa shape index (κ2) is 6.10. The zero-order valence-corrected chi connectivity index (χ0v) is 11.9. The van der Waals surface area contributed by atoms with Crippen molar-refractivity contribution in [3.8, 4) is 0 Å². The summed E-state index contributed by atoms with van der Waals surface area (Å²) in [5.74, 6) is -0.501. The Bertz CT molecular complexity index is 503. The van der Waals surface area contributed by atoms with Gasteiger partial charge in [0.2, 0.25) is 5.91 Å². The first-order valence-corrected chi connectivity index (χ1v) is 7.59. The number of hydrogen-bond donors (Lipinski definition) is 1. The monoisotopic (exact) mass is 294 g/mol. The second-order valence-corrected chi connectivity index (χ2v) is 6.03. The van der Waals surface area contributed by atoms with Crippen LogP contribution in [0.25, 0.3) is 0 Å². The third-order valence-electron chi connectivity index (χ3n) is 4.25. The van der Waals surface area contributed by atoms with Crippen molar-refractivity contribution in [1.29, 1.82) is 0 Å². The summed E-state index contributed by atoms with van der Waals surface area (Å²) >= 11 is 0. The molecule has 1 aromatic rings. The Morgan fingerprint density at radius 2 is 1.71 bits per heavy atom. The fourth-order valence-corrected chi connectivity index (χ4v) is 2.87. The number of nitrogens with one attached hydrogen (secondary N) is 1. The van der Waals surface area contributed by atoms with Gasteiger partial charge in [-0.1, -0.05) is 0 Å². The number of amides is 1. The van der Waals surface area contributed by atoms with Gasteiger partial charge >= 0.3 is 0 Å². The third-order valence-corrected chi connectivity index (χ3v) is 4.25. The average Bonchev–Trinajstić information content (AvgIpc) is 3.28. The quantitative estimate of drug-likeness (QED) is 0.925. The van der Waals surface area contributed by atoms with E-state index in [0.29, 0.717) is 24.1 Å². The van der Waals surface area contributed by atoms with E-state index in [0.717, 1.165) is 44.8 Å². The van der Waals surface area contributed by atoms with E-state index >= 15 is 0 Å². The van der Waals surface area contributed by atoms with Crippen molar-refractivity contribution >= 4 is 5.91 Å². The van der Waals surface area contributed by atoms with E-state index in [-0.39, 0.29) is 5.92 Å². The van der Waals surface area contributed by atoms with Crippen LogP contribution in [0, 0.1) is 17.6 Å². The van der Waals surface area contributed by atoms with E-state index in [2.05, 4.69) is 5.32 Å². The molecule has 3 nitrogen and oxygen atoms in total. The Balaban J connectivity index is 1.45. The van der Waals surface area contributed by atoms with Crippen molar-refractivity contribution < 1.29 is 13.6 Å². The highest BCUT2D eigenvalue weighted by Crippen LogP contribution is 2.31. The Morgan fingerprint density at radius 3 is 2.29 bits per heavy atom. The summed E-state index contributed by atoms with van der Waals surface area (Å²) in [6.45, 7) is 2.02. The maximum absolute atomic E-state index is 13.1. The SMILES string of the molecule is O=C(C1CC1)N1CCC(NCc2cc(F)cc(F)c2)CC1. The molecule has 1 saturated carbocycles. The van der Waals surface area contributed by atoms with Crippen LogP contribution in [0.2, 0.25) is 0 Å². The molecule has 5 heteroatoms. The van der Waals surface area contributed by atoms with Crippen LogP contribution in [0.1, 0.15) is 31.2 Å². The number of carbonyl (C=O) groups is 1. The van der Waals surface area contributed by atoms with Gasteiger partial charge < -0.3 is 10.2 Å². The van der Waals surface area contributed by atoms with Gasteiger partial charge in [-0.2, -0.15) is 0 Å². The molecule has 1 heterocycles. The number of piperidine rings is 1.